The average molecular weight is 818 g/mol. The Morgan fingerprint density at radius 3 is 1.45 bits per heavy atom. The summed E-state index contributed by atoms with van der Waals surface area (Å²) in [6, 6.07) is 20.5. The third-order valence-electron chi connectivity index (χ3n) is 13.5. The Labute approximate surface area is 359 Å². The van der Waals surface area contributed by atoms with E-state index in [9.17, 15) is 0 Å². The van der Waals surface area contributed by atoms with Crippen LogP contribution in [0.3, 0.4) is 0 Å². The molecule has 0 amide bonds. The molecule has 0 saturated heterocycles. The highest BCUT2D eigenvalue weighted by molar-refractivity contribution is 7.99. The van der Waals surface area contributed by atoms with Gasteiger partial charge in [0.05, 0.1) is 15.9 Å². The molecule has 0 fully saturated rings. The van der Waals surface area contributed by atoms with Crippen LogP contribution >= 0.6 is 11.8 Å². The first-order chi connectivity index (χ1) is 28.7. The van der Waals surface area contributed by atoms with Gasteiger partial charge in [0, 0.05) is 66.3 Å². The minimum absolute atomic E-state index is 0.164. The van der Waals surface area contributed by atoms with E-state index < -0.39 is 0 Å². The number of hydrogen-bond acceptors (Lipinski definition) is 4. The first-order valence-corrected chi connectivity index (χ1v) is 24.0. The van der Waals surface area contributed by atoms with E-state index >= 15 is 0 Å². The topological polar surface area (TPSA) is 44.4 Å². The molecule has 0 radical (unpaired) electrons. The van der Waals surface area contributed by atoms with Gasteiger partial charge in [-0.3, -0.25) is 0 Å². The van der Waals surface area contributed by atoms with E-state index in [1.807, 2.05) is 11.8 Å². The predicted octanol–water partition coefficient (Wildman–Crippen LogP) is 17.8. The van der Waals surface area contributed by atoms with E-state index in [-0.39, 0.29) is 16.2 Å². The van der Waals surface area contributed by atoms with Gasteiger partial charge in [-0.25, -0.2) is 0 Å². The summed E-state index contributed by atoms with van der Waals surface area (Å²) < 4.78 is 24.6. The highest BCUT2D eigenvalue weighted by Crippen LogP contribution is 2.57. The summed E-state index contributed by atoms with van der Waals surface area (Å²) in [5, 5.41) is 9.70. The van der Waals surface area contributed by atoms with E-state index in [2.05, 4.69) is 128 Å². The van der Waals surface area contributed by atoms with Crippen molar-refractivity contribution in [1.29, 1.82) is 0 Å². The Kier molecular flexibility index (Phi) is 9.52. The van der Waals surface area contributed by atoms with Crippen LogP contribution in [-0.2, 0) is 22.8 Å². The fraction of sp³-hybridized carbons (Fsp3) is 0.455. The van der Waals surface area contributed by atoms with Gasteiger partial charge in [-0.05, 0) is 58.2 Å². The SMILES string of the molecule is CCCCCCCCCCCCSc1cc2oc3c(C(C)(C)C)cc4c5c3c2c2c1oc1c(C(C)(C)C)cc3oc6c(C(C)(C)C)cc(c5c6c3c12)n4Cc1ccccc1. The van der Waals surface area contributed by atoms with Gasteiger partial charge in [0.2, 0.25) is 0 Å². The third kappa shape index (κ3) is 6.22. The highest BCUT2D eigenvalue weighted by Gasteiger charge is 2.36. The molecule has 4 heterocycles. The van der Waals surface area contributed by atoms with Crippen LogP contribution in [0, 0.1) is 0 Å². The fourth-order valence-corrected chi connectivity index (χ4v) is 11.5. The van der Waals surface area contributed by atoms with Gasteiger partial charge in [-0.2, -0.15) is 0 Å². The molecular formula is C55H63NO3S. The van der Waals surface area contributed by atoms with Crippen molar-refractivity contribution in [3.63, 3.8) is 0 Å². The van der Waals surface area contributed by atoms with Crippen LogP contribution in [0.15, 0.2) is 72.7 Å². The predicted molar refractivity (Wildman–Crippen MR) is 259 cm³/mol. The third-order valence-corrected chi connectivity index (χ3v) is 14.7. The standard InChI is InChI=1S/C55H63NO3S/c1-11-12-13-14-15-16-17-18-19-23-26-60-40-30-39-44-46-42-37(28-34(50(46)58-39)54(5,6)7)56(31-32-24-21-20-22-25-32)36-27-33(53(2,3)4)49-45(41(36)42)43-38(57-49)29-35(55(8,9)10)51-47(43)48(44)52(40)59-51/h20-22,24-25,27-30H,11-19,23,26,31H2,1-10H3. The zero-order chi connectivity index (χ0) is 41.9. The number of thioether (sulfide) groups is 1. The van der Waals surface area contributed by atoms with Crippen molar-refractivity contribution in [1.82, 2.24) is 4.57 Å². The quantitative estimate of drug-likeness (QED) is 0.0810. The first kappa shape index (κ1) is 39.8. The Bertz CT molecular complexity index is 3130. The Morgan fingerprint density at radius 2 is 0.917 bits per heavy atom. The molecule has 4 aromatic heterocycles. The van der Waals surface area contributed by atoms with Crippen LogP contribution in [0.5, 0.6) is 0 Å². The minimum Gasteiger partial charge on any atom is -0.456 e. The largest absolute Gasteiger partial charge is 0.456 e. The molecule has 0 bridgehead atoms. The molecule has 0 unspecified atom stereocenters. The second-order valence-corrected chi connectivity index (χ2v) is 22.3. The lowest BCUT2D eigenvalue weighted by atomic mass is 9.81. The van der Waals surface area contributed by atoms with Crippen molar-refractivity contribution < 1.29 is 13.3 Å². The van der Waals surface area contributed by atoms with Crippen molar-refractivity contribution in [2.45, 2.75) is 161 Å². The summed E-state index contributed by atoms with van der Waals surface area (Å²) in [6.45, 7) is 23.9. The minimum atomic E-state index is -0.177. The second kappa shape index (κ2) is 14.4. The maximum absolute atomic E-state index is 7.39. The first-order valence-electron chi connectivity index (χ1n) is 23.0. The van der Waals surface area contributed by atoms with Crippen LogP contribution in [0.2, 0.25) is 0 Å². The molecular weight excluding hydrogens is 755 g/mol. The lowest BCUT2D eigenvalue weighted by Gasteiger charge is -2.20. The summed E-state index contributed by atoms with van der Waals surface area (Å²) >= 11 is 1.95. The fourth-order valence-electron chi connectivity index (χ4n) is 10.5. The Balaban J connectivity index is 1.27. The van der Waals surface area contributed by atoms with Crippen molar-refractivity contribution >= 4 is 99.4 Å². The molecule has 0 aliphatic carbocycles. The molecule has 4 nitrogen and oxygen atoms in total. The summed E-state index contributed by atoms with van der Waals surface area (Å²) in [4.78, 5) is 1.18. The van der Waals surface area contributed by atoms with Gasteiger partial charge in [0.1, 0.15) is 33.5 Å². The summed E-state index contributed by atoms with van der Waals surface area (Å²) in [5.41, 5.74) is 12.8. The summed E-state index contributed by atoms with van der Waals surface area (Å²) in [7, 11) is 0. The molecule has 0 atom stereocenters. The van der Waals surface area contributed by atoms with Crippen LogP contribution < -0.4 is 0 Å². The summed E-state index contributed by atoms with van der Waals surface area (Å²) in [6.07, 6.45) is 13.4. The maximum Gasteiger partial charge on any atom is 0.149 e. The molecule has 10 aromatic rings. The zero-order valence-corrected chi connectivity index (χ0v) is 38.6. The normalized spacial score (nSPS) is 13.7. The van der Waals surface area contributed by atoms with Gasteiger partial charge < -0.3 is 17.8 Å². The number of rotatable bonds is 14. The second-order valence-electron chi connectivity index (χ2n) is 21.2. The molecule has 60 heavy (non-hydrogen) atoms. The highest BCUT2D eigenvalue weighted by atomic mass is 32.2. The van der Waals surface area contributed by atoms with Gasteiger partial charge in [-0.15, -0.1) is 11.8 Å². The lowest BCUT2D eigenvalue weighted by molar-refractivity contribution is 0.563. The Morgan fingerprint density at radius 1 is 0.467 bits per heavy atom. The molecule has 0 aliphatic heterocycles. The maximum atomic E-state index is 7.39. The van der Waals surface area contributed by atoms with E-state index in [1.165, 1.54) is 145 Å². The molecule has 0 saturated carbocycles. The van der Waals surface area contributed by atoms with Gasteiger partial charge in [-0.1, -0.05) is 157 Å². The monoisotopic (exact) mass is 817 g/mol. The van der Waals surface area contributed by atoms with Crippen LogP contribution in [0.1, 0.15) is 156 Å². The number of furan rings is 3. The van der Waals surface area contributed by atoms with Crippen molar-refractivity contribution in [2.75, 3.05) is 5.75 Å². The number of benzene rings is 5. The molecule has 0 spiro atoms. The number of aromatic nitrogens is 1. The summed E-state index contributed by atoms with van der Waals surface area (Å²) in [5.74, 6) is 1.06. The van der Waals surface area contributed by atoms with Crippen LogP contribution in [0.25, 0.3) is 87.6 Å². The van der Waals surface area contributed by atoms with Gasteiger partial charge >= 0.3 is 0 Å². The number of hydrogen-bond donors (Lipinski definition) is 0. The average Bonchev–Trinajstić information content (AvgIpc) is 3.93. The molecule has 312 valence electrons. The van der Waals surface area contributed by atoms with Crippen molar-refractivity contribution in [2.24, 2.45) is 0 Å². The lowest BCUT2D eigenvalue weighted by Crippen LogP contribution is -2.12. The zero-order valence-electron chi connectivity index (χ0n) is 37.8. The Hall–Kier alpha value is -4.35. The van der Waals surface area contributed by atoms with Gasteiger partial charge in [0.15, 0.2) is 0 Å². The molecule has 5 heteroatoms. The van der Waals surface area contributed by atoms with Gasteiger partial charge in [0.25, 0.3) is 0 Å². The molecule has 0 aliphatic rings. The van der Waals surface area contributed by atoms with E-state index in [1.54, 1.807) is 0 Å². The van der Waals surface area contributed by atoms with E-state index in [4.69, 9.17) is 13.3 Å². The van der Waals surface area contributed by atoms with Crippen LogP contribution in [-0.4, -0.2) is 10.3 Å². The molecule has 0 N–H and O–H groups in total. The van der Waals surface area contributed by atoms with Crippen LogP contribution in [0.4, 0.5) is 0 Å². The van der Waals surface area contributed by atoms with Crippen molar-refractivity contribution in [3.05, 3.63) is 76.9 Å². The van der Waals surface area contributed by atoms with E-state index in [0.717, 1.165) is 45.8 Å². The molecule has 6 aromatic carbocycles. The molecule has 10 rings (SSSR count). The smallest absolute Gasteiger partial charge is 0.149 e. The van der Waals surface area contributed by atoms with Crippen molar-refractivity contribution in [3.8, 4) is 0 Å². The number of unbranched alkanes of at least 4 members (excludes halogenated alkanes) is 9. The number of nitrogens with zero attached hydrogens (tertiary/aromatic N) is 1. The van der Waals surface area contributed by atoms with E-state index in [0.29, 0.717) is 0 Å².